The molecule has 85 heavy (non-hydrogen) atoms. The Morgan fingerprint density at radius 2 is 1.60 bits per heavy atom. The molecular formula is C62H77N3O20. The van der Waals surface area contributed by atoms with E-state index in [9.17, 15) is 69.0 Å². The summed E-state index contributed by atoms with van der Waals surface area (Å²) in [5.74, 6) is -6.99. The van der Waals surface area contributed by atoms with Crippen molar-refractivity contribution in [3.05, 3.63) is 110 Å². The molecule has 4 aliphatic carbocycles. The molecule has 1 heterocycles. The maximum atomic E-state index is 14.3. The van der Waals surface area contributed by atoms with Crippen LogP contribution in [0.4, 0.5) is 4.79 Å². The molecule has 12 atom stereocenters. The van der Waals surface area contributed by atoms with E-state index < -0.39 is 155 Å². The molecule has 7 rings (SSSR count). The fourth-order valence-corrected chi connectivity index (χ4v) is 11.9. The molecule has 1 fully saturated rings. The normalized spacial score (nSPS) is 30.1. The lowest BCUT2D eigenvalue weighted by Gasteiger charge is -2.43. The van der Waals surface area contributed by atoms with Gasteiger partial charge in [0.1, 0.15) is 41.7 Å². The number of Topliss-reactive ketones (excluding diaryl/α,β-unsaturated/α-hetero) is 3. The number of methoxy groups -OCH3 is 3. The molecule has 0 saturated carbocycles. The van der Waals surface area contributed by atoms with Crippen molar-refractivity contribution in [2.75, 3.05) is 34.5 Å². The van der Waals surface area contributed by atoms with Gasteiger partial charge in [0.2, 0.25) is 17.5 Å². The topological polar surface area (TPSA) is 363 Å². The third-order valence-corrected chi connectivity index (χ3v) is 16.5. The molecule has 2 aromatic carbocycles. The van der Waals surface area contributed by atoms with Crippen LogP contribution in [0.5, 0.6) is 17.2 Å². The standard InChI is InChI=1S/C62H77N3O20/c1-29-20-36-52(40(68)24-34(55(36)73)23-39(67)30(2)14-12-17-42(81-7)60(85-61(63)78)32(4)22-31(3)53(71)43(21-29)82-8)64-19-11-9-10-18-46(70)65-38-25-47(83-33(5)54(38)72)84-44-27-62(79,45(69)28-66)26-37-49(44)59(77)51-50(57(37)75)56(74)35-15-13-16-41(80-6)48(35)58(51)76/h12-17,22,24,29,31,33,38,42-44,47,53-54,60,64,66,71-72,75,77,79H,9-11,18-21,23,25-28H2,1-8H3,(H2,63,78)(H,65,70)/b17-12-,30-14+,32-22+/t29-,31+,33-,38-,42+,43+,44-,47-,53+,54+,60+,62-/m1/s1. The van der Waals surface area contributed by atoms with Crippen molar-refractivity contribution >= 4 is 46.7 Å². The minimum absolute atomic E-state index is 0.00292. The van der Waals surface area contributed by atoms with Gasteiger partial charge in [0.05, 0.1) is 60.0 Å². The van der Waals surface area contributed by atoms with E-state index in [0.29, 0.717) is 24.8 Å². The second-order valence-corrected chi connectivity index (χ2v) is 22.6. The number of rotatable bonds is 16. The summed E-state index contributed by atoms with van der Waals surface area (Å²) in [6.07, 6.45) is -2.49. The first-order valence-corrected chi connectivity index (χ1v) is 28.3. The lowest BCUT2D eigenvalue weighted by Crippen LogP contribution is -2.55. The second kappa shape index (κ2) is 27.9. The minimum Gasteiger partial charge on any atom is -0.507 e. The minimum atomic E-state index is -2.40. The summed E-state index contributed by atoms with van der Waals surface area (Å²) in [6.45, 7) is 7.51. The van der Waals surface area contributed by atoms with Crippen LogP contribution in [-0.4, -0.2) is 166 Å². The van der Waals surface area contributed by atoms with Crippen molar-refractivity contribution in [2.45, 2.75) is 159 Å². The van der Waals surface area contributed by atoms with E-state index in [2.05, 4.69) is 10.6 Å². The smallest absolute Gasteiger partial charge is 0.405 e. The molecule has 5 aliphatic rings. The number of phenolic OH excluding ortho intramolecular Hbond substituents is 2. The zero-order chi connectivity index (χ0) is 62.4. The van der Waals surface area contributed by atoms with Crippen LogP contribution in [0.2, 0.25) is 0 Å². The number of amides is 2. The zero-order valence-corrected chi connectivity index (χ0v) is 48.9. The van der Waals surface area contributed by atoms with Gasteiger partial charge in [-0.2, -0.15) is 0 Å². The van der Waals surface area contributed by atoms with Crippen molar-refractivity contribution in [3.63, 3.8) is 0 Å². The summed E-state index contributed by atoms with van der Waals surface area (Å²) in [5.41, 5.74) is 2.18. The van der Waals surface area contributed by atoms with Gasteiger partial charge in [-0.3, -0.25) is 33.6 Å². The molecule has 2 aromatic rings. The number of fused-ring (bicyclic) bond motifs is 5. The van der Waals surface area contributed by atoms with E-state index in [1.807, 2.05) is 6.92 Å². The Hall–Kier alpha value is -7.22. The van der Waals surface area contributed by atoms with E-state index in [1.54, 1.807) is 39.0 Å². The third kappa shape index (κ3) is 14.2. The van der Waals surface area contributed by atoms with Gasteiger partial charge in [0.25, 0.3) is 0 Å². The van der Waals surface area contributed by atoms with Crippen LogP contribution in [-0.2, 0) is 54.1 Å². The number of aliphatic hydroxyl groups excluding tert-OH is 3. The highest BCUT2D eigenvalue weighted by Gasteiger charge is 2.51. The van der Waals surface area contributed by atoms with Crippen LogP contribution in [0.25, 0.3) is 0 Å². The summed E-state index contributed by atoms with van der Waals surface area (Å²) in [4.78, 5) is 108. The van der Waals surface area contributed by atoms with Gasteiger partial charge in [-0.05, 0) is 75.7 Å². The average molecular weight is 1180 g/mol. The Kier molecular flexibility index (Phi) is 21.4. The number of hydrogen-bond acceptors (Lipinski definition) is 21. The lowest BCUT2D eigenvalue weighted by molar-refractivity contribution is -0.249. The molecule has 2 bridgehead atoms. The zero-order valence-electron chi connectivity index (χ0n) is 48.9. The number of aliphatic hydroxyl groups is 4. The number of primary amides is 1. The van der Waals surface area contributed by atoms with Gasteiger partial charge in [0, 0.05) is 86.6 Å². The van der Waals surface area contributed by atoms with Gasteiger partial charge in [0.15, 0.2) is 35.5 Å². The molecule has 2 amide bonds. The first-order valence-electron chi connectivity index (χ1n) is 28.3. The van der Waals surface area contributed by atoms with Crippen LogP contribution in [0.3, 0.4) is 0 Å². The number of carbonyl (C=O) groups excluding carboxylic acids is 8. The highest BCUT2D eigenvalue weighted by molar-refractivity contribution is 6.31. The summed E-state index contributed by atoms with van der Waals surface area (Å²) in [7, 11) is 4.15. The molecule has 10 N–H and O–H groups in total. The van der Waals surface area contributed by atoms with Crippen molar-refractivity contribution in [2.24, 2.45) is 17.6 Å². The molecule has 0 unspecified atom stereocenters. The number of allylic oxidation sites excluding steroid dienone is 6. The Bertz CT molecular complexity index is 3140. The number of nitrogens with two attached hydrogens (primary N) is 1. The van der Waals surface area contributed by atoms with E-state index >= 15 is 0 Å². The lowest BCUT2D eigenvalue weighted by atomic mass is 9.72. The Morgan fingerprint density at radius 1 is 0.882 bits per heavy atom. The fourth-order valence-electron chi connectivity index (χ4n) is 11.9. The number of unbranched alkanes of at least 4 members (excludes halogenated alkanes) is 2. The number of carbonyl (C=O) groups is 8. The quantitative estimate of drug-likeness (QED) is 0.0424. The Morgan fingerprint density at radius 3 is 2.27 bits per heavy atom. The molecule has 0 radical (unpaired) electrons. The first-order chi connectivity index (χ1) is 40.3. The van der Waals surface area contributed by atoms with Crippen LogP contribution < -0.4 is 21.1 Å². The molecule has 0 aromatic heterocycles. The monoisotopic (exact) mass is 1180 g/mol. The predicted molar refractivity (Wildman–Crippen MR) is 303 cm³/mol. The van der Waals surface area contributed by atoms with E-state index in [-0.39, 0.29) is 95.0 Å². The molecule has 23 nitrogen and oxygen atoms in total. The van der Waals surface area contributed by atoms with Crippen LogP contribution >= 0.6 is 0 Å². The summed E-state index contributed by atoms with van der Waals surface area (Å²) in [5, 5.41) is 74.0. The van der Waals surface area contributed by atoms with Crippen LogP contribution in [0.1, 0.15) is 141 Å². The second-order valence-electron chi connectivity index (χ2n) is 22.6. The highest BCUT2D eigenvalue weighted by Crippen LogP contribution is 2.53. The number of aromatic hydroxyl groups is 2. The number of ether oxygens (including phenoxy) is 6. The van der Waals surface area contributed by atoms with Gasteiger partial charge in [-0.15, -0.1) is 0 Å². The number of hydrogen-bond donors (Lipinski definition) is 9. The summed E-state index contributed by atoms with van der Waals surface area (Å²) in [6, 6.07) is 3.29. The number of phenols is 2. The SMILES string of the molecule is COc1cccc2c1C(=O)c1c(O)c3c(c(O)c1C2=O)C[C@](O)(C(=O)CO)C[C@H]3O[C@@H]1C[C@@H](NC(=O)CCCCCNC2=C3C[C@@H](C)C[C@H](OC)[C@@H](O)[C@@H](C)/C=C(\C)[C@H](OC(N)=O)[C@@H](OC)/C=C\C=C(/C)C(=O)CC(=CC2=O)C3=O)[C@@H](O)[C@@H](C)O1. The molecule has 1 saturated heterocycles. The molecule has 460 valence electrons. The first kappa shape index (κ1) is 65.3. The van der Waals surface area contributed by atoms with E-state index in [0.717, 1.165) is 6.08 Å². The van der Waals surface area contributed by atoms with Gasteiger partial charge < -0.3 is 75.4 Å². The fraction of sp³-hybridized carbons (Fsp3) is 0.516. The largest absolute Gasteiger partial charge is 0.507 e. The van der Waals surface area contributed by atoms with Crippen LogP contribution in [0, 0.1) is 11.8 Å². The van der Waals surface area contributed by atoms with Crippen molar-refractivity contribution in [1.29, 1.82) is 0 Å². The van der Waals surface area contributed by atoms with E-state index in [4.69, 9.17) is 34.2 Å². The van der Waals surface area contributed by atoms with Gasteiger partial charge in [-0.25, -0.2) is 4.79 Å². The molecule has 1 aliphatic heterocycles. The highest BCUT2D eigenvalue weighted by atomic mass is 16.7. The summed E-state index contributed by atoms with van der Waals surface area (Å²) < 4.78 is 34.5. The molecular weight excluding hydrogens is 1110 g/mol. The molecule has 0 spiro atoms. The van der Waals surface area contributed by atoms with Gasteiger partial charge >= 0.3 is 6.09 Å². The maximum Gasteiger partial charge on any atom is 0.405 e. The van der Waals surface area contributed by atoms with Crippen LogP contribution in [0.15, 0.2) is 76.6 Å². The van der Waals surface area contributed by atoms with E-state index in [1.165, 1.54) is 52.5 Å². The van der Waals surface area contributed by atoms with Crippen molar-refractivity contribution < 1.29 is 97.4 Å². The molecule has 23 heteroatoms. The van der Waals surface area contributed by atoms with Crippen molar-refractivity contribution in [3.8, 4) is 17.2 Å². The average Bonchev–Trinajstić information content (AvgIpc) is 0.974. The Balaban J connectivity index is 1.01. The number of ketones is 6. The maximum absolute atomic E-state index is 14.3. The predicted octanol–water partition coefficient (Wildman–Crippen LogP) is 3.97. The van der Waals surface area contributed by atoms with Crippen molar-refractivity contribution in [1.82, 2.24) is 10.6 Å². The van der Waals surface area contributed by atoms with Gasteiger partial charge in [-0.1, -0.05) is 56.7 Å². The summed E-state index contributed by atoms with van der Waals surface area (Å²) >= 11 is 0. The number of benzene rings is 2. The third-order valence-electron chi connectivity index (χ3n) is 16.5. The Labute approximate surface area is 491 Å². The number of nitrogens with one attached hydrogen (secondary N) is 2.